The van der Waals surface area contributed by atoms with Gasteiger partial charge in [-0.15, -0.1) is 11.3 Å². The quantitative estimate of drug-likeness (QED) is 0.837. The molecule has 1 aromatic rings. The van der Waals surface area contributed by atoms with Crippen molar-refractivity contribution in [3.63, 3.8) is 0 Å². The van der Waals surface area contributed by atoms with Gasteiger partial charge in [0, 0.05) is 16.8 Å². The molecule has 1 unspecified atom stereocenters. The normalized spacial score (nSPS) is 15.1. The molecule has 3 N–H and O–H groups in total. The highest BCUT2D eigenvalue weighted by molar-refractivity contribution is 7.16. The minimum Gasteiger partial charge on any atom is -0.481 e. The fourth-order valence-electron chi connectivity index (χ4n) is 1.23. The minimum absolute atomic E-state index is 0.0281. The molecule has 1 rings (SSSR count). The van der Waals surface area contributed by atoms with E-state index in [0.717, 1.165) is 4.88 Å². The zero-order valence-corrected chi connectivity index (χ0v) is 9.36. The lowest BCUT2D eigenvalue weighted by Gasteiger charge is -2.24. The Morgan fingerprint density at radius 1 is 1.71 bits per heavy atom. The van der Waals surface area contributed by atoms with Crippen molar-refractivity contribution in [2.45, 2.75) is 18.8 Å². The zero-order chi connectivity index (χ0) is 10.8. The standard InChI is InChI=1S/C9H12ClNO2S/c1-9(5-11,4-8(12)13)6-2-3-7(10)14-6/h2-3H,4-5,11H2,1H3,(H,12,13). The van der Waals surface area contributed by atoms with Crippen LogP contribution in [0.1, 0.15) is 18.2 Å². The molecule has 0 aliphatic rings. The van der Waals surface area contributed by atoms with Crippen LogP contribution in [0.5, 0.6) is 0 Å². The molecule has 0 aliphatic heterocycles. The molecule has 0 aliphatic carbocycles. The monoisotopic (exact) mass is 233 g/mol. The maximum Gasteiger partial charge on any atom is 0.304 e. The summed E-state index contributed by atoms with van der Waals surface area (Å²) >= 11 is 7.17. The second kappa shape index (κ2) is 4.29. The van der Waals surface area contributed by atoms with E-state index in [4.69, 9.17) is 22.4 Å². The van der Waals surface area contributed by atoms with Crippen molar-refractivity contribution in [1.29, 1.82) is 0 Å². The van der Waals surface area contributed by atoms with Gasteiger partial charge in [0.2, 0.25) is 0 Å². The number of thiophene rings is 1. The van der Waals surface area contributed by atoms with Crippen LogP contribution in [-0.2, 0) is 10.2 Å². The van der Waals surface area contributed by atoms with Crippen molar-refractivity contribution in [3.05, 3.63) is 21.3 Å². The summed E-state index contributed by atoms with van der Waals surface area (Å²) < 4.78 is 0.657. The Morgan fingerprint density at radius 3 is 2.71 bits per heavy atom. The maximum absolute atomic E-state index is 10.7. The number of hydrogen-bond acceptors (Lipinski definition) is 3. The molecule has 0 spiro atoms. The first kappa shape index (κ1) is 11.5. The first-order valence-electron chi connectivity index (χ1n) is 4.15. The Bertz CT molecular complexity index is 339. The highest BCUT2D eigenvalue weighted by Gasteiger charge is 2.29. The van der Waals surface area contributed by atoms with Gasteiger partial charge in [-0.05, 0) is 12.1 Å². The molecular weight excluding hydrogens is 222 g/mol. The molecule has 0 amide bonds. The Hall–Kier alpha value is -0.580. The third-order valence-electron chi connectivity index (χ3n) is 2.16. The van der Waals surface area contributed by atoms with E-state index in [0.29, 0.717) is 10.9 Å². The lowest BCUT2D eigenvalue weighted by Crippen LogP contribution is -2.33. The number of halogens is 1. The van der Waals surface area contributed by atoms with Crippen LogP contribution < -0.4 is 5.73 Å². The maximum atomic E-state index is 10.7. The highest BCUT2D eigenvalue weighted by atomic mass is 35.5. The molecule has 0 saturated heterocycles. The van der Waals surface area contributed by atoms with Crippen LogP contribution in [-0.4, -0.2) is 17.6 Å². The van der Waals surface area contributed by atoms with Crippen LogP contribution in [0.4, 0.5) is 0 Å². The second-order valence-corrected chi connectivity index (χ2v) is 5.15. The van der Waals surface area contributed by atoms with Crippen molar-refractivity contribution < 1.29 is 9.90 Å². The average molecular weight is 234 g/mol. The molecule has 0 fully saturated rings. The molecule has 0 radical (unpaired) electrons. The van der Waals surface area contributed by atoms with E-state index in [-0.39, 0.29) is 6.42 Å². The van der Waals surface area contributed by atoms with Crippen LogP contribution >= 0.6 is 22.9 Å². The predicted molar refractivity (Wildman–Crippen MR) is 58.0 cm³/mol. The van der Waals surface area contributed by atoms with Crippen molar-refractivity contribution in [1.82, 2.24) is 0 Å². The zero-order valence-electron chi connectivity index (χ0n) is 7.79. The number of hydrogen-bond donors (Lipinski definition) is 2. The smallest absolute Gasteiger partial charge is 0.304 e. The van der Waals surface area contributed by atoms with Gasteiger partial charge in [0.15, 0.2) is 0 Å². The Labute approximate surface area is 91.5 Å². The van der Waals surface area contributed by atoms with E-state index in [1.165, 1.54) is 11.3 Å². The van der Waals surface area contributed by atoms with Gasteiger partial charge in [-0.1, -0.05) is 18.5 Å². The summed E-state index contributed by atoms with van der Waals surface area (Å²) in [5, 5.41) is 8.76. The number of aliphatic carboxylic acids is 1. The van der Waals surface area contributed by atoms with Gasteiger partial charge in [-0.2, -0.15) is 0 Å². The van der Waals surface area contributed by atoms with Crippen LogP contribution in [0.2, 0.25) is 4.34 Å². The summed E-state index contributed by atoms with van der Waals surface area (Å²) in [6.07, 6.45) is 0.0281. The first-order valence-corrected chi connectivity index (χ1v) is 5.35. The van der Waals surface area contributed by atoms with E-state index in [9.17, 15) is 4.79 Å². The van der Waals surface area contributed by atoms with Gasteiger partial charge in [0.1, 0.15) is 0 Å². The summed E-state index contributed by atoms with van der Waals surface area (Å²) in [7, 11) is 0. The molecule has 1 atom stereocenters. The van der Waals surface area contributed by atoms with Crippen LogP contribution in [0.3, 0.4) is 0 Å². The Balaban J connectivity index is 2.94. The average Bonchev–Trinajstić information content (AvgIpc) is 2.51. The molecule has 5 heteroatoms. The van der Waals surface area contributed by atoms with Gasteiger partial charge in [0.25, 0.3) is 0 Å². The largest absolute Gasteiger partial charge is 0.481 e. The number of carboxylic acid groups (broad SMARTS) is 1. The fourth-order valence-corrected chi connectivity index (χ4v) is 2.43. The summed E-state index contributed by atoms with van der Waals surface area (Å²) in [5.74, 6) is -0.845. The Kier molecular flexibility index (Phi) is 3.53. The SMILES string of the molecule is CC(CN)(CC(=O)O)c1ccc(Cl)s1. The van der Waals surface area contributed by atoms with Gasteiger partial charge in [0.05, 0.1) is 10.8 Å². The molecule has 3 nitrogen and oxygen atoms in total. The molecule has 0 bridgehead atoms. The van der Waals surface area contributed by atoms with E-state index < -0.39 is 11.4 Å². The predicted octanol–water partition coefficient (Wildman–Crippen LogP) is 2.09. The summed E-state index contributed by atoms with van der Waals surface area (Å²) in [6, 6.07) is 3.60. The lowest BCUT2D eigenvalue weighted by molar-refractivity contribution is -0.138. The molecule has 1 aromatic heterocycles. The number of nitrogens with two attached hydrogens (primary N) is 1. The number of rotatable bonds is 4. The van der Waals surface area contributed by atoms with Gasteiger partial charge in [-0.25, -0.2) is 0 Å². The summed E-state index contributed by atoms with van der Waals surface area (Å²) in [6.45, 7) is 2.14. The lowest BCUT2D eigenvalue weighted by atomic mass is 9.85. The van der Waals surface area contributed by atoms with Gasteiger partial charge in [-0.3, -0.25) is 4.79 Å². The molecule has 0 aromatic carbocycles. The molecule has 78 valence electrons. The third-order valence-corrected chi connectivity index (χ3v) is 3.70. The van der Waals surface area contributed by atoms with E-state index in [1.807, 2.05) is 13.0 Å². The molecule has 1 heterocycles. The third kappa shape index (κ3) is 2.47. The first-order chi connectivity index (χ1) is 6.48. The van der Waals surface area contributed by atoms with Gasteiger partial charge < -0.3 is 10.8 Å². The van der Waals surface area contributed by atoms with Gasteiger partial charge >= 0.3 is 5.97 Å². The van der Waals surface area contributed by atoms with E-state index in [2.05, 4.69) is 0 Å². The summed E-state index contributed by atoms with van der Waals surface area (Å²) in [4.78, 5) is 11.6. The summed E-state index contributed by atoms with van der Waals surface area (Å²) in [5.41, 5.74) is 5.09. The Morgan fingerprint density at radius 2 is 2.36 bits per heavy atom. The van der Waals surface area contributed by atoms with Crippen molar-refractivity contribution >= 4 is 28.9 Å². The minimum atomic E-state index is -0.845. The van der Waals surface area contributed by atoms with Crippen molar-refractivity contribution in [2.75, 3.05) is 6.54 Å². The topological polar surface area (TPSA) is 63.3 Å². The molecular formula is C9H12ClNO2S. The van der Waals surface area contributed by atoms with Crippen molar-refractivity contribution in [3.8, 4) is 0 Å². The molecule has 0 saturated carbocycles. The second-order valence-electron chi connectivity index (χ2n) is 3.44. The van der Waals surface area contributed by atoms with E-state index >= 15 is 0 Å². The van der Waals surface area contributed by atoms with Crippen molar-refractivity contribution in [2.24, 2.45) is 5.73 Å². The van der Waals surface area contributed by atoms with E-state index in [1.54, 1.807) is 6.07 Å². The molecule has 14 heavy (non-hydrogen) atoms. The number of carbonyl (C=O) groups is 1. The fraction of sp³-hybridized carbons (Fsp3) is 0.444. The highest BCUT2D eigenvalue weighted by Crippen LogP contribution is 2.34. The number of carboxylic acids is 1. The van der Waals surface area contributed by atoms with Crippen LogP contribution in [0.15, 0.2) is 12.1 Å². The van der Waals surface area contributed by atoms with Crippen LogP contribution in [0, 0.1) is 0 Å². The van der Waals surface area contributed by atoms with Crippen LogP contribution in [0.25, 0.3) is 0 Å².